The Morgan fingerprint density at radius 2 is 1.27 bits per heavy atom. The van der Waals surface area contributed by atoms with Crippen molar-refractivity contribution in [2.75, 3.05) is 0 Å². The molecule has 5 aromatic carbocycles. The number of fused-ring (bicyclic) bond motifs is 6. The minimum atomic E-state index is 0.658. The highest BCUT2D eigenvalue weighted by atomic mass is 32.1. The first-order valence-corrected chi connectivity index (χ1v) is 15.6. The molecule has 8 rings (SSSR count). The minimum Gasteiger partial charge on any atom is -0.309 e. The van der Waals surface area contributed by atoms with Gasteiger partial charge in [0.05, 0.1) is 11.0 Å². The van der Waals surface area contributed by atoms with E-state index in [0.29, 0.717) is 17.5 Å². The van der Waals surface area contributed by atoms with Crippen molar-refractivity contribution in [3.63, 3.8) is 0 Å². The number of hydrogen-bond acceptors (Lipinski definition) is 4. The van der Waals surface area contributed by atoms with Gasteiger partial charge in [-0.25, -0.2) is 15.0 Å². The lowest BCUT2D eigenvalue weighted by Crippen LogP contribution is -2.02. The van der Waals surface area contributed by atoms with Gasteiger partial charge in [0.2, 0.25) is 0 Å². The quantitative estimate of drug-likeness (QED) is 0.189. The molecule has 3 aromatic heterocycles. The van der Waals surface area contributed by atoms with E-state index in [1.807, 2.05) is 32.1 Å². The Hall–Kier alpha value is -5.39. The number of nitrogens with zero attached hydrogens (tertiary/aromatic N) is 4. The highest BCUT2D eigenvalue weighted by Gasteiger charge is 2.17. The summed E-state index contributed by atoms with van der Waals surface area (Å²) in [5.74, 6) is 2.01. The van der Waals surface area contributed by atoms with Crippen LogP contribution >= 0.6 is 11.3 Å². The largest absolute Gasteiger partial charge is 0.309 e. The lowest BCUT2D eigenvalue weighted by atomic mass is 10.1. The molecule has 0 aliphatic carbocycles. The molecular formula is C39H28N4S. The van der Waals surface area contributed by atoms with Crippen molar-refractivity contribution in [2.24, 2.45) is 0 Å². The van der Waals surface area contributed by atoms with Crippen LogP contribution in [-0.4, -0.2) is 19.5 Å². The van der Waals surface area contributed by atoms with E-state index in [1.165, 1.54) is 42.0 Å². The van der Waals surface area contributed by atoms with Gasteiger partial charge in [-0.15, -0.1) is 11.3 Å². The smallest absolute Gasteiger partial charge is 0.165 e. The van der Waals surface area contributed by atoms with E-state index in [-0.39, 0.29) is 0 Å². The van der Waals surface area contributed by atoms with Crippen LogP contribution in [-0.2, 0) is 0 Å². The van der Waals surface area contributed by atoms with Gasteiger partial charge in [0, 0.05) is 47.8 Å². The number of para-hydroxylation sites is 2. The number of rotatable bonds is 5. The van der Waals surface area contributed by atoms with E-state index < -0.39 is 0 Å². The summed E-state index contributed by atoms with van der Waals surface area (Å²) in [7, 11) is 0. The van der Waals surface area contributed by atoms with Crippen LogP contribution in [0.1, 0.15) is 19.7 Å². The molecule has 0 atom stereocenters. The Kier molecular flexibility index (Phi) is 6.39. The van der Waals surface area contributed by atoms with E-state index in [9.17, 15) is 0 Å². The van der Waals surface area contributed by atoms with Gasteiger partial charge in [-0.2, -0.15) is 0 Å². The second kappa shape index (κ2) is 10.7. The van der Waals surface area contributed by atoms with Crippen LogP contribution in [0.3, 0.4) is 0 Å². The molecule has 0 fully saturated rings. The van der Waals surface area contributed by atoms with Gasteiger partial charge >= 0.3 is 0 Å². The van der Waals surface area contributed by atoms with Gasteiger partial charge < -0.3 is 4.57 Å². The van der Waals surface area contributed by atoms with Gasteiger partial charge in [-0.3, -0.25) is 0 Å². The first-order valence-electron chi connectivity index (χ1n) is 14.8. The lowest BCUT2D eigenvalue weighted by molar-refractivity contribution is 1.03. The summed E-state index contributed by atoms with van der Waals surface area (Å²) in [6, 6.07) is 40.7. The highest BCUT2D eigenvalue weighted by Crippen LogP contribution is 2.39. The van der Waals surface area contributed by atoms with E-state index >= 15 is 0 Å². The zero-order valence-corrected chi connectivity index (χ0v) is 25.2. The normalized spacial score (nSPS) is 12.4. The Bertz CT molecular complexity index is 2350. The van der Waals surface area contributed by atoms with Crippen molar-refractivity contribution in [1.82, 2.24) is 19.5 Å². The van der Waals surface area contributed by atoms with Crippen LogP contribution in [0, 0.1) is 0 Å². The van der Waals surface area contributed by atoms with Crippen LogP contribution < -0.4 is 0 Å². The maximum absolute atomic E-state index is 5.08. The monoisotopic (exact) mass is 584 g/mol. The average molecular weight is 585 g/mol. The summed E-state index contributed by atoms with van der Waals surface area (Å²) < 4.78 is 4.77. The predicted octanol–water partition coefficient (Wildman–Crippen LogP) is 10.6. The maximum atomic E-state index is 5.08. The van der Waals surface area contributed by atoms with Crippen LogP contribution in [0.15, 0.2) is 133 Å². The van der Waals surface area contributed by atoms with Crippen LogP contribution in [0.4, 0.5) is 0 Å². The van der Waals surface area contributed by atoms with E-state index in [4.69, 9.17) is 15.0 Å². The summed E-state index contributed by atoms with van der Waals surface area (Å²) in [6.45, 7) is 4.06. The van der Waals surface area contributed by atoms with Crippen molar-refractivity contribution in [1.29, 1.82) is 0 Å². The number of thiophene rings is 1. The van der Waals surface area contributed by atoms with Crippen molar-refractivity contribution in [3.05, 3.63) is 139 Å². The van der Waals surface area contributed by atoms with Gasteiger partial charge in [0.15, 0.2) is 17.5 Å². The Morgan fingerprint density at radius 1 is 0.636 bits per heavy atom. The SMILES string of the molecule is C/C=C\C=C(/C)c1nc(-c2ccc(-n3c4ccccc4c4ccccc43)cc2)nc(-c2cccc3c2sc2ccccc23)n1. The van der Waals surface area contributed by atoms with E-state index in [2.05, 4.69) is 120 Å². The Morgan fingerprint density at radius 3 is 2.00 bits per heavy atom. The zero-order valence-electron chi connectivity index (χ0n) is 24.4. The van der Waals surface area contributed by atoms with Gasteiger partial charge in [0.25, 0.3) is 0 Å². The van der Waals surface area contributed by atoms with Gasteiger partial charge in [-0.1, -0.05) is 85.0 Å². The fourth-order valence-corrected chi connectivity index (χ4v) is 7.21. The van der Waals surface area contributed by atoms with Crippen molar-refractivity contribution in [2.45, 2.75) is 13.8 Å². The molecule has 0 saturated heterocycles. The summed E-state index contributed by atoms with van der Waals surface area (Å²) in [5, 5.41) is 4.98. The Balaban J connectivity index is 1.29. The third-order valence-electron chi connectivity index (χ3n) is 8.14. The second-order valence-electron chi connectivity index (χ2n) is 10.9. The summed E-state index contributed by atoms with van der Waals surface area (Å²) in [6.07, 6.45) is 6.08. The molecule has 44 heavy (non-hydrogen) atoms. The Labute approximate surface area is 259 Å². The molecule has 0 aliphatic rings. The number of hydrogen-bond donors (Lipinski definition) is 0. The molecule has 0 radical (unpaired) electrons. The van der Waals surface area contributed by atoms with Crippen LogP contribution in [0.2, 0.25) is 0 Å². The molecular weight excluding hydrogens is 557 g/mol. The topological polar surface area (TPSA) is 43.6 Å². The molecule has 8 aromatic rings. The van der Waals surface area contributed by atoms with Crippen molar-refractivity contribution < 1.29 is 0 Å². The fraction of sp³-hybridized carbons (Fsp3) is 0.0513. The van der Waals surface area contributed by atoms with Crippen molar-refractivity contribution >= 4 is 58.9 Å². The predicted molar refractivity (Wildman–Crippen MR) is 186 cm³/mol. The summed E-state index contributed by atoms with van der Waals surface area (Å²) in [4.78, 5) is 15.1. The maximum Gasteiger partial charge on any atom is 0.165 e. The standard InChI is InChI=1S/C39H28N4S/c1-3-4-12-25(2)37-40-38(42-39(41-37)32-17-11-16-31-30-15-7-10-20-35(30)44-36(31)32)26-21-23-27(24-22-26)43-33-18-8-5-13-28(33)29-14-6-9-19-34(29)43/h3-24H,1-2H3/b4-3-,25-12+. The molecule has 0 aliphatic heterocycles. The van der Waals surface area contributed by atoms with E-state index in [1.54, 1.807) is 11.3 Å². The summed E-state index contributed by atoms with van der Waals surface area (Å²) in [5.41, 5.74) is 6.43. The van der Waals surface area contributed by atoms with E-state index in [0.717, 1.165) is 22.4 Å². The molecule has 4 nitrogen and oxygen atoms in total. The van der Waals surface area contributed by atoms with Gasteiger partial charge in [0.1, 0.15) is 0 Å². The second-order valence-corrected chi connectivity index (χ2v) is 11.9. The summed E-state index contributed by atoms with van der Waals surface area (Å²) >= 11 is 1.79. The number of allylic oxidation sites excluding steroid dienone is 4. The molecule has 0 N–H and O–H groups in total. The lowest BCUT2D eigenvalue weighted by Gasteiger charge is -2.11. The highest BCUT2D eigenvalue weighted by molar-refractivity contribution is 7.26. The molecule has 0 saturated carbocycles. The molecule has 3 heterocycles. The zero-order chi connectivity index (χ0) is 29.6. The molecule has 210 valence electrons. The van der Waals surface area contributed by atoms with Gasteiger partial charge in [-0.05, 0) is 68.0 Å². The first-order chi connectivity index (χ1) is 21.7. The minimum absolute atomic E-state index is 0.658. The number of benzene rings is 5. The fourth-order valence-electron chi connectivity index (χ4n) is 6.00. The van der Waals surface area contributed by atoms with Crippen molar-refractivity contribution in [3.8, 4) is 28.5 Å². The number of aromatic nitrogens is 4. The van der Waals surface area contributed by atoms with Crippen LogP contribution in [0.5, 0.6) is 0 Å². The molecule has 0 unspecified atom stereocenters. The molecule has 0 bridgehead atoms. The molecule has 0 spiro atoms. The van der Waals surface area contributed by atoms with Crippen LogP contribution in [0.25, 0.3) is 76.0 Å². The third-order valence-corrected chi connectivity index (χ3v) is 9.36. The first kappa shape index (κ1) is 26.3. The molecule has 5 heteroatoms. The third kappa shape index (κ3) is 4.32. The average Bonchev–Trinajstić information content (AvgIpc) is 3.63. The molecule has 0 amide bonds.